The Balaban J connectivity index is 1.62. The molecule has 2 atom stereocenters. The van der Waals surface area contributed by atoms with E-state index in [-0.39, 0.29) is 12.1 Å². The summed E-state index contributed by atoms with van der Waals surface area (Å²) in [6.45, 7) is 2.07. The van der Waals surface area contributed by atoms with E-state index in [0.29, 0.717) is 10.8 Å². The highest BCUT2D eigenvalue weighted by Crippen LogP contribution is 2.43. The molecule has 0 aliphatic carbocycles. The van der Waals surface area contributed by atoms with Gasteiger partial charge in [-0.1, -0.05) is 6.07 Å². The number of hydrogen-bond acceptors (Lipinski definition) is 5. The minimum Gasteiger partial charge on any atom is -0.497 e. The number of methoxy groups -OCH3 is 1. The molecule has 10 heteroatoms. The number of ether oxygens (including phenoxy) is 1. The van der Waals surface area contributed by atoms with E-state index in [2.05, 4.69) is 43.5 Å². The van der Waals surface area contributed by atoms with Gasteiger partial charge in [-0.15, -0.1) is 0 Å². The van der Waals surface area contributed by atoms with Gasteiger partial charge in [0, 0.05) is 34.6 Å². The standard InChI is InChI=1S/C27H27N5O3S2/c1-18-7-16-24(31(18)20-12-14-22(35-2)15-13-20)26-25(23-6-4-5-17-28-23)29-27(36)32(26)21-10-8-19(9-11-21)30-37(3,33)34/h4-17,25-26,30H,1-3H3,(H,29,36)/t25-,26-/m0/s1. The van der Waals surface area contributed by atoms with Crippen molar-refractivity contribution in [2.45, 2.75) is 19.0 Å². The van der Waals surface area contributed by atoms with Crippen LogP contribution in [0.15, 0.2) is 85.1 Å². The minimum absolute atomic E-state index is 0.214. The van der Waals surface area contributed by atoms with Crippen LogP contribution in [0.25, 0.3) is 5.69 Å². The van der Waals surface area contributed by atoms with E-state index in [1.165, 1.54) is 0 Å². The van der Waals surface area contributed by atoms with Crippen LogP contribution in [0.5, 0.6) is 5.75 Å². The van der Waals surface area contributed by atoms with Crippen LogP contribution in [0.4, 0.5) is 11.4 Å². The predicted molar refractivity (Wildman–Crippen MR) is 150 cm³/mol. The number of anilines is 2. The Hall–Kier alpha value is -3.89. The van der Waals surface area contributed by atoms with Gasteiger partial charge >= 0.3 is 0 Å². The number of thiocarbonyl (C=S) groups is 1. The summed E-state index contributed by atoms with van der Waals surface area (Å²) in [5.41, 5.74) is 5.30. The van der Waals surface area contributed by atoms with Gasteiger partial charge in [-0.25, -0.2) is 8.42 Å². The van der Waals surface area contributed by atoms with E-state index in [4.69, 9.17) is 17.0 Å². The Morgan fingerprint density at radius 3 is 2.30 bits per heavy atom. The van der Waals surface area contributed by atoms with Gasteiger partial charge < -0.3 is 19.5 Å². The molecule has 0 radical (unpaired) electrons. The molecule has 1 aliphatic rings. The summed E-state index contributed by atoms with van der Waals surface area (Å²) < 4.78 is 33.4. The Bertz CT molecular complexity index is 1520. The van der Waals surface area contributed by atoms with Crippen molar-refractivity contribution in [2.24, 2.45) is 0 Å². The summed E-state index contributed by atoms with van der Waals surface area (Å²) >= 11 is 5.85. The fraction of sp³-hybridized carbons (Fsp3) is 0.185. The number of nitrogens with zero attached hydrogens (tertiary/aromatic N) is 3. The Labute approximate surface area is 222 Å². The number of aryl methyl sites for hydroxylation is 1. The van der Waals surface area contributed by atoms with E-state index >= 15 is 0 Å². The lowest BCUT2D eigenvalue weighted by Crippen LogP contribution is -2.30. The second-order valence-electron chi connectivity index (χ2n) is 8.85. The third-order valence-electron chi connectivity index (χ3n) is 6.29. The number of benzene rings is 2. The average molecular weight is 534 g/mol. The topological polar surface area (TPSA) is 88.5 Å². The normalized spacial score (nSPS) is 17.5. The van der Waals surface area contributed by atoms with Gasteiger partial charge in [0.05, 0.1) is 25.1 Å². The summed E-state index contributed by atoms with van der Waals surface area (Å²) in [6, 6.07) is 24.7. The lowest BCUT2D eigenvalue weighted by Gasteiger charge is -2.29. The van der Waals surface area contributed by atoms with Crippen molar-refractivity contribution >= 4 is 38.7 Å². The van der Waals surface area contributed by atoms with Crippen LogP contribution in [-0.4, -0.2) is 36.4 Å². The van der Waals surface area contributed by atoms with E-state index in [1.54, 1.807) is 25.4 Å². The van der Waals surface area contributed by atoms with Crippen molar-refractivity contribution in [3.63, 3.8) is 0 Å². The fourth-order valence-corrected chi connectivity index (χ4v) is 5.62. The summed E-state index contributed by atoms with van der Waals surface area (Å²) in [5.74, 6) is 0.787. The highest BCUT2D eigenvalue weighted by molar-refractivity contribution is 7.92. The Morgan fingerprint density at radius 2 is 1.68 bits per heavy atom. The molecule has 0 amide bonds. The number of pyridine rings is 1. The van der Waals surface area contributed by atoms with Gasteiger partial charge in [0.15, 0.2) is 5.11 Å². The molecule has 2 aromatic heterocycles. The number of aromatic nitrogens is 2. The third kappa shape index (κ3) is 5.03. The number of sulfonamides is 1. The van der Waals surface area contributed by atoms with Gasteiger partial charge in [-0.2, -0.15) is 0 Å². The van der Waals surface area contributed by atoms with E-state index in [9.17, 15) is 8.42 Å². The molecule has 2 aromatic carbocycles. The quantitative estimate of drug-likeness (QED) is 0.332. The van der Waals surface area contributed by atoms with Crippen molar-refractivity contribution in [3.8, 4) is 11.4 Å². The second-order valence-corrected chi connectivity index (χ2v) is 11.0. The van der Waals surface area contributed by atoms with Crippen LogP contribution in [0, 0.1) is 6.92 Å². The zero-order chi connectivity index (χ0) is 26.2. The van der Waals surface area contributed by atoms with Crippen molar-refractivity contribution in [3.05, 3.63) is 102 Å². The van der Waals surface area contributed by atoms with E-state index in [0.717, 1.165) is 40.5 Å². The Kier molecular flexibility index (Phi) is 6.61. The van der Waals surface area contributed by atoms with Gasteiger partial charge in [0.25, 0.3) is 0 Å². The molecular formula is C27H27N5O3S2. The predicted octanol–water partition coefficient (Wildman–Crippen LogP) is 4.74. The van der Waals surface area contributed by atoms with Crippen molar-refractivity contribution in [2.75, 3.05) is 23.0 Å². The van der Waals surface area contributed by atoms with Gasteiger partial charge in [0.1, 0.15) is 11.8 Å². The van der Waals surface area contributed by atoms with Crippen LogP contribution in [0.3, 0.4) is 0 Å². The molecule has 37 heavy (non-hydrogen) atoms. The van der Waals surface area contributed by atoms with Crippen LogP contribution in [0.2, 0.25) is 0 Å². The molecule has 0 bridgehead atoms. The molecule has 1 fully saturated rings. The zero-order valence-corrected chi connectivity index (χ0v) is 22.3. The van der Waals surface area contributed by atoms with E-state index < -0.39 is 10.0 Å². The van der Waals surface area contributed by atoms with Crippen LogP contribution in [0.1, 0.15) is 29.2 Å². The highest BCUT2D eigenvalue weighted by Gasteiger charge is 2.42. The lowest BCUT2D eigenvalue weighted by molar-refractivity contribution is 0.414. The number of hydrogen-bond donors (Lipinski definition) is 2. The van der Waals surface area contributed by atoms with Crippen molar-refractivity contribution < 1.29 is 13.2 Å². The van der Waals surface area contributed by atoms with E-state index in [1.807, 2.05) is 54.6 Å². The SMILES string of the molecule is COc1ccc(-n2c(C)ccc2[C@H]2[C@H](c3ccccn3)NC(=S)N2c2ccc(NS(C)(=O)=O)cc2)cc1. The molecule has 190 valence electrons. The van der Waals surface area contributed by atoms with Crippen LogP contribution >= 0.6 is 12.2 Å². The van der Waals surface area contributed by atoms with Crippen LogP contribution < -0.4 is 19.7 Å². The molecular weight excluding hydrogens is 506 g/mol. The van der Waals surface area contributed by atoms with Crippen molar-refractivity contribution in [1.29, 1.82) is 0 Å². The average Bonchev–Trinajstić information content (AvgIpc) is 3.43. The summed E-state index contributed by atoms with van der Waals surface area (Å²) in [4.78, 5) is 6.70. The first kappa shape index (κ1) is 24.8. The van der Waals surface area contributed by atoms with Gasteiger partial charge in [-0.3, -0.25) is 9.71 Å². The summed E-state index contributed by atoms with van der Waals surface area (Å²) in [5, 5.41) is 4.04. The van der Waals surface area contributed by atoms with Crippen molar-refractivity contribution in [1.82, 2.24) is 14.9 Å². The first-order chi connectivity index (χ1) is 17.7. The molecule has 2 N–H and O–H groups in total. The largest absolute Gasteiger partial charge is 0.497 e. The highest BCUT2D eigenvalue weighted by atomic mass is 32.2. The smallest absolute Gasteiger partial charge is 0.229 e. The molecule has 4 aromatic rings. The molecule has 3 heterocycles. The zero-order valence-electron chi connectivity index (χ0n) is 20.6. The maximum Gasteiger partial charge on any atom is 0.229 e. The molecule has 5 rings (SSSR count). The maximum absolute atomic E-state index is 11.7. The molecule has 0 saturated carbocycles. The third-order valence-corrected chi connectivity index (χ3v) is 7.21. The number of nitrogens with one attached hydrogen (secondary N) is 2. The van der Waals surface area contributed by atoms with Gasteiger partial charge in [-0.05, 0) is 91.9 Å². The molecule has 1 saturated heterocycles. The lowest BCUT2D eigenvalue weighted by atomic mass is 10.0. The Morgan fingerprint density at radius 1 is 0.973 bits per heavy atom. The number of rotatable bonds is 7. The summed E-state index contributed by atoms with van der Waals surface area (Å²) in [6.07, 6.45) is 2.91. The molecule has 0 unspecified atom stereocenters. The summed E-state index contributed by atoms with van der Waals surface area (Å²) in [7, 11) is -1.73. The molecule has 8 nitrogen and oxygen atoms in total. The first-order valence-electron chi connectivity index (χ1n) is 11.7. The minimum atomic E-state index is -3.38. The first-order valence-corrected chi connectivity index (χ1v) is 14.0. The van der Waals surface area contributed by atoms with Crippen LogP contribution in [-0.2, 0) is 10.0 Å². The fourth-order valence-electron chi connectivity index (χ4n) is 4.71. The monoisotopic (exact) mass is 533 g/mol. The molecule has 1 aliphatic heterocycles. The maximum atomic E-state index is 11.7. The molecule has 0 spiro atoms. The second kappa shape index (κ2) is 9.87. The van der Waals surface area contributed by atoms with Gasteiger partial charge in [0.2, 0.25) is 10.0 Å².